The minimum Gasteiger partial charge on any atom is -0.466 e. The maximum absolute atomic E-state index is 11.3. The van der Waals surface area contributed by atoms with Crippen LogP contribution in [0, 0.1) is 11.3 Å². The average molecular weight is 196 g/mol. The first kappa shape index (κ1) is 11.3. The monoisotopic (exact) mass is 196 g/mol. The topological polar surface area (TPSA) is 26.3 Å². The van der Waals surface area contributed by atoms with Crippen LogP contribution in [0.1, 0.15) is 40.0 Å². The molecule has 0 heterocycles. The van der Waals surface area contributed by atoms with E-state index >= 15 is 0 Å². The fourth-order valence-corrected chi connectivity index (χ4v) is 2.01. The summed E-state index contributed by atoms with van der Waals surface area (Å²) in [7, 11) is 0. The fourth-order valence-electron chi connectivity index (χ4n) is 2.01. The molecule has 0 N–H and O–H groups in total. The van der Waals surface area contributed by atoms with Crippen molar-refractivity contribution in [3.05, 3.63) is 12.2 Å². The van der Waals surface area contributed by atoms with Crippen LogP contribution in [0.4, 0.5) is 0 Å². The molecule has 2 heteroatoms. The summed E-state index contributed by atoms with van der Waals surface area (Å²) in [5, 5.41) is 0. The van der Waals surface area contributed by atoms with Gasteiger partial charge < -0.3 is 4.74 Å². The molecule has 0 saturated heterocycles. The van der Waals surface area contributed by atoms with E-state index in [4.69, 9.17) is 4.74 Å². The van der Waals surface area contributed by atoms with Crippen molar-refractivity contribution in [2.45, 2.75) is 40.0 Å². The van der Waals surface area contributed by atoms with Crippen LogP contribution in [0.15, 0.2) is 12.2 Å². The first-order valence-corrected chi connectivity index (χ1v) is 5.36. The van der Waals surface area contributed by atoms with Gasteiger partial charge in [0.05, 0.1) is 13.0 Å². The molecule has 1 unspecified atom stereocenters. The van der Waals surface area contributed by atoms with Gasteiger partial charge in [-0.1, -0.05) is 26.0 Å². The average Bonchev–Trinajstić information content (AvgIpc) is 2.02. The predicted octanol–water partition coefficient (Wildman–Crippen LogP) is 2.93. The van der Waals surface area contributed by atoms with Gasteiger partial charge in [0.25, 0.3) is 0 Å². The number of ether oxygens (including phenoxy) is 1. The Morgan fingerprint density at radius 1 is 1.57 bits per heavy atom. The highest BCUT2D eigenvalue weighted by molar-refractivity contribution is 5.69. The Balaban J connectivity index is 2.42. The van der Waals surface area contributed by atoms with Crippen LogP contribution in [-0.4, -0.2) is 12.6 Å². The Hall–Kier alpha value is -0.790. The fraction of sp³-hybridized carbons (Fsp3) is 0.750. The largest absolute Gasteiger partial charge is 0.466 e. The maximum atomic E-state index is 11.3. The molecule has 0 bridgehead atoms. The van der Waals surface area contributed by atoms with Crippen LogP contribution in [0.2, 0.25) is 0 Å². The lowest BCUT2D eigenvalue weighted by Gasteiger charge is -2.30. The molecule has 1 atom stereocenters. The SMILES string of the molecule is CCOC(=O)CC1C=CCC(C)(C)C1. The van der Waals surface area contributed by atoms with Gasteiger partial charge in [-0.05, 0) is 31.1 Å². The lowest BCUT2D eigenvalue weighted by Crippen LogP contribution is -2.21. The zero-order valence-electron chi connectivity index (χ0n) is 9.38. The minimum atomic E-state index is -0.0696. The summed E-state index contributed by atoms with van der Waals surface area (Å²) in [6.07, 6.45) is 7.08. The van der Waals surface area contributed by atoms with Gasteiger partial charge in [0.1, 0.15) is 0 Å². The number of hydrogen-bond acceptors (Lipinski definition) is 2. The molecule has 0 fully saturated rings. The zero-order valence-corrected chi connectivity index (χ0v) is 9.38. The molecule has 14 heavy (non-hydrogen) atoms. The van der Waals surface area contributed by atoms with Crippen molar-refractivity contribution >= 4 is 5.97 Å². The minimum absolute atomic E-state index is 0.0696. The van der Waals surface area contributed by atoms with Crippen molar-refractivity contribution in [2.75, 3.05) is 6.61 Å². The molecule has 0 aromatic carbocycles. The van der Waals surface area contributed by atoms with Gasteiger partial charge in [0.2, 0.25) is 0 Å². The van der Waals surface area contributed by atoms with Crippen molar-refractivity contribution in [3.63, 3.8) is 0 Å². The number of rotatable bonds is 3. The van der Waals surface area contributed by atoms with E-state index in [1.54, 1.807) is 0 Å². The number of carbonyl (C=O) groups is 1. The van der Waals surface area contributed by atoms with E-state index in [2.05, 4.69) is 26.0 Å². The number of carbonyl (C=O) groups excluding carboxylic acids is 1. The molecule has 0 saturated carbocycles. The number of hydrogen-bond donors (Lipinski definition) is 0. The van der Waals surface area contributed by atoms with Gasteiger partial charge >= 0.3 is 5.97 Å². The second-order valence-corrected chi connectivity index (χ2v) is 4.77. The molecular weight excluding hydrogens is 176 g/mol. The van der Waals surface area contributed by atoms with E-state index in [1.165, 1.54) is 0 Å². The van der Waals surface area contributed by atoms with Gasteiger partial charge in [0.15, 0.2) is 0 Å². The molecule has 0 radical (unpaired) electrons. The number of allylic oxidation sites excluding steroid dienone is 2. The van der Waals surface area contributed by atoms with Crippen molar-refractivity contribution in [2.24, 2.45) is 11.3 Å². The van der Waals surface area contributed by atoms with E-state index in [-0.39, 0.29) is 5.97 Å². The Labute approximate surface area is 86.3 Å². The first-order valence-electron chi connectivity index (χ1n) is 5.36. The Bertz CT molecular complexity index is 228. The van der Waals surface area contributed by atoms with Crippen molar-refractivity contribution in [3.8, 4) is 0 Å². The maximum Gasteiger partial charge on any atom is 0.306 e. The first-order chi connectivity index (χ1) is 6.53. The molecule has 1 aliphatic rings. The third-order valence-electron chi connectivity index (χ3n) is 2.63. The second kappa shape index (κ2) is 4.63. The zero-order chi connectivity index (χ0) is 10.6. The second-order valence-electron chi connectivity index (χ2n) is 4.77. The van der Waals surface area contributed by atoms with Crippen LogP contribution in [0.5, 0.6) is 0 Å². The Morgan fingerprint density at radius 3 is 2.86 bits per heavy atom. The van der Waals surface area contributed by atoms with Crippen LogP contribution in [0.25, 0.3) is 0 Å². The molecule has 1 aliphatic carbocycles. The normalized spacial score (nSPS) is 24.6. The molecule has 0 aromatic heterocycles. The summed E-state index contributed by atoms with van der Waals surface area (Å²) in [5.41, 5.74) is 0.339. The lowest BCUT2D eigenvalue weighted by molar-refractivity contribution is -0.144. The Kier molecular flexibility index (Phi) is 3.73. The standard InChI is InChI=1S/C12H20O2/c1-4-14-11(13)8-10-6-5-7-12(2,3)9-10/h5-6,10H,4,7-9H2,1-3H3. The van der Waals surface area contributed by atoms with Gasteiger partial charge in [-0.2, -0.15) is 0 Å². The van der Waals surface area contributed by atoms with E-state index in [1.807, 2.05) is 6.92 Å². The van der Waals surface area contributed by atoms with Crippen molar-refractivity contribution < 1.29 is 9.53 Å². The van der Waals surface area contributed by atoms with Gasteiger partial charge in [0, 0.05) is 0 Å². The van der Waals surface area contributed by atoms with Crippen LogP contribution in [-0.2, 0) is 9.53 Å². The summed E-state index contributed by atoms with van der Waals surface area (Å²) in [6.45, 7) is 6.82. The van der Waals surface area contributed by atoms with Crippen molar-refractivity contribution in [1.29, 1.82) is 0 Å². The molecule has 80 valence electrons. The van der Waals surface area contributed by atoms with Crippen LogP contribution in [0.3, 0.4) is 0 Å². The molecule has 0 aromatic rings. The van der Waals surface area contributed by atoms with E-state index < -0.39 is 0 Å². The van der Waals surface area contributed by atoms with Gasteiger partial charge in [-0.15, -0.1) is 0 Å². The van der Waals surface area contributed by atoms with Crippen LogP contribution >= 0.6 is 0 Å². The molecule has 0 amide bonds. The summed E-state index contributed by atoms with van der Waals surface area (Å²) in [6, 6.07) is 0. The highest BCUT2D eigenvalue weighted by Crippen LogP contribution is 2.35. The summed E-state index contributed by atoms with van der Waals surface area (Å²) in [4.78, 5) is 11.3. The van der Waals surface area contributed by atoms with Gasteiger partial charge in [-0.25, -0.2) is 0 Å². The molecule has 0 spiro atoms. The summed E-state index contributed by atoms with van der Waals surface area (Å²) < 4.78 is 4.94. The summed E-state index contributed by atoms with van der Waals surface area (Å²) in [5.74, 6) is 0.303. The highest BCUT2D eigenvalue weighted by atomic mass is 16.5. The van der Waals surface area contributed by atoms with E-state index in [0.29, 0.717) is 24.4 Å². The van der Waals surface area contributed by atoms with Crippen molar-refractivity contribution in [1.82, 2.24) is 0 Å². The molecule has 2 nitrogen and oxygen atoms in total. The smallest absolute Gasteiger partial charge is 0.306 e. The predicted molar refractivity (Wildman–Crippen MR) is 56.9 cm³/mol. The van der Waals surface area contributed by atoms with E-state index in [9.17, 15) is 4.79 Å². The lowest BCUT2D eigenvalue weighted by atomic mass is 9.75. The quantitative estimate of drug-likeness (QED) is 0.512. The molecule has 0 aliphatic heterocycles. The third kappa shape index (κ3) is 3.52. The molecular formula is C12H20O2. The van der Waals surface area contributed by atoms with Crippen LogP contribution < -0.4 is 0 Å². The molecule has 1 rings (SSSR count). The summed E-state index contributed by atoms with van der Waals surface area (Å²) >= 11 is 0. The highest BCUT2D eigenvalue weighted by Gasteiger charge is 2.26. The Morgan fingerprint density at radius 2 is 2.29 bits per heavy atom. The van der Waals surface area contributed by atoms with Gasteiger partial charge in [-0.3, -0.25) is 4.79 Å². The van der Waals surface area contributed by atoms with E-state index in [0.717, 1.165) is 12.8 Å². The number of esters is 1. The third-order valence-corrected chi connectivity index (χ3v) is 2.63.